The highest BCUT2D eigenvalue weighted by molar-refractivity contribution is 7.89. The number of imidazole rings is 1. The summed E-state index contributed by atoms with van der Waals surface area (Å²) in [4.78, 5) is 3.80. The average molecular weight is 345 g/mol. The van der Waals surface area contributed by atoms with E-state index in [9.17, 15) is 12.8 Å². The first-order valence-corrected chi connectivity index (χ1v) is 8.83. The number of halogens is 1. The first-order valence-electron chi connectivity index (χ1n) is 7.34. The topological polar surface area (TPSA) is 64.0 Å². The lowest BCUT2D eigenvalue weighted by atomic mass is 10.2. The third-order valence-corrected chi connectivity index (χ3v) is 4.98. The molecule has 0 spiro atoms. The van der Waals surface area contributed by atoms with Crippen LogP contribution < -0.4 is 4.72 Å². The summed E-state index contributed by atoms with van der Waals surface area (Å²) in [5, 5.41) is 0. The standard InChI is InChI=1S/C17H16FN3O2S/c18-15-8-4-5-9-16(15)24(22,23)20-12-17-19-10-11-21(17)13-14-6-2-1-3-7-14/h1-11,20H,12-13H2. The van der Waals surface area contributed by atoms with Gasteiger partial charge in [-0.05, 0) is 17.7 Å². The zero-order valence-electron chi connectivity index (χ0n) is 12.8. The molecule has 1 heterocycles. The Kier molecular flexibility index (Phi) is 4.73. The summed E-state index contributed by atoms with van der Waals surface area (Å²) in [5.74, 6) is -0.226. The number of nitrogens with zero attached hydrogens (tertiary/aromatic N) is 2. The molecule has 0 unspecified atom stereocenters. The number of hydrogen-bond acceptors (Lipinski definition) is 3. The fraction of sp³-hybridized carbons (Fsp3) is 0.118. The Morgan fingerprint density at radius 3 is 2.50 bits per heavy atom. The van der Waals surface area contributed by atoms with Crippen LogP contribution in [0.1, 0.15) is 11.4 Å². The maximum atomic E-state index is 13.7. The van der Waals surface area contributed by atoms with E-state index in [1.54, 1.807) is 12.4 Å². The first kappa shape index (κ1) is 16.4. The molecule has 1 aromatic heterocycles. The van der Waals surface area contributed by atoms with Crippen LogP contribution in [0.4, 0.5) is 4.39 Å². The van der Waals surface area contributed by atoms with Gasteiger partial charge in [0, 0.05) is 18.9 Å². The molecule has 0 saturated heterocycles. The zero-order chi connectivity index (χ0) is 17.0. The van der Waals surface area contributed by atoms with Crippen molar-refractivity contribution in [1.82, 2.24) is 14.3 Å². The molecule has 0 bridgehead atoms. The average Bonchev–Trinajstić information content (AvgIpc) is 3.01. The fourth-order valence-corrected chi connectivity index (χ4v) is 3.39. The van der Waals surface area contributed by atoms with Crippen molar-refractivity contribution in [3.63, 3.8) is 0 Å². The van der Waals surface area contributed by atoms with E-state index >= 15 is 0 Å². The van der Waals surface area contributed by atoms with E-state index in [0.29, 0.717) is 12.4 Å². The number of benzene rings is 2. The molecule has 2 aromatic carbocycles. The summed E-state index contributed by atoms with van der Waals surface area (Å²) >= 11 is 0. The van der Waals surface area contributed by atoms with Gasteiger partial charge in [0.2, 0.25) is 10.0 Å². The van der Waals surface area contributed by atoms with Gasteiger partial charge in [0.25, 0.3) is 0 Å². The van der Waals surface area contributed by atoms with Gasteiger partial charge in [-0.25, -0.2) is 22.5 Å². The lowest BCUT2D eigenvalue weighted by Crippen LogP contribution is -2.26. The molecular weight excluding hydrogens is 329 g/mol. The minimum Gasteiger partial charge on any atom is -0.329 e. The highest BCUT2D eigenvalue weighted by Crippen LogP contribution is 2.14. The quantitative estimate of drug-likeness (QED) is 0.747. The Bertz CT molecular complexity index is 924. The van der Waals surface area contributed by atoms with Crippen molar-refractivity contribution in [1.29, 1.82) is 0 Å². The molecule has 0 saturated carbocycles. The minimum absolute atomic E-state index is 0.0174. The van der Waals surface area contributed by atoms with Crippen LogP contribution in [0.2, 0.25) is 0 Å². The number of sulfonamides is 1. The third kappa shape index (κ3) is 3.69. The Balaban J connectivity index is 1.74. The molecule has 0 atom stereocenters. The summed E-state index contributed by atoms with van der Waals surface area (Å²) in [6.07, 6.45) is 3.38. The van der Waals surface area contributed by atoms with Gasteiger partial charge in [0.05, 0.1) is 6.54 Å². The highest BCUT2D eigenvalue weighted by atomic mass is 32.2. The maximum absolute atomic E-state index is 13.7. The lowest BCUT2D eigenvalue weighted by Gasteiger charge is -2.10. The van der Waals surface area contributed by atoms with Crippen LogP contribution in [0.15, 0.2) is 71.9 Å². The van der Waals surface area contributed by atoms with Crippen molar-refractivity contribution >= 4 is 10.0 Å². The molecule has 0 fully saturated rings. The van der Waals surface area contributed by atoms with E-state index < -0.39 is 15.8 Å². The van der Waals surface area contributed by atoms with Gasteiger partial charge in [-0.1, -0.05) is 42.5 Å². The maximum Gasteiger partial charge on any atom is 0.243 e. The number of nitrogens with one attached hydrogen (secondary N) is 1. The number of aromatic nitrogens is 2. The monoisotopic (exact) mass is 345 g/mol. The molecule has 0 aliphatic carbocycles. The van der Waals surface area contributed by atoms with E-state index in [0.717, 1.165) is 11.6 Å². The van der Waals surface area contributed by atoms with E-state index in [4.69, 9.17) is 0 Å². The molecule has 24 heavy (non-hydrogen) atoms. The molecule has 7 heteroatoms. The molecule has 3 rings (SSSR count). The molecule has 0 aliphatic rings. The van der Waals surface area contributed by atoms with Crippen molar-refractivity contribution < 1.29 is 12.8 Å². The molecule has 0 amide bonds. The van der Waals surface area contributed by atoms with Crippen LogP contribution in [0.25, 0.3) is 0 Å². The molecule has 1 N–H and O–H groups in total. The lowest BCUT2D eigenvalue weighted by molar-refractivity contribution is 0.553. The molecule has 0 aliphatic heterocycles. The van der Waals surface area contributed by atoms with Crippen LogP contribution in [-0.2, 0) is 23.1 Å². The summed E-state index contributed by atoms with van der Waals surface area (Å²) in [5.41, 5.74) is 1.08. The van der Waals surface area contributed by atoms with Crippen LogP contribution in [-0.4, -0.2) is 18.0 Å². The predicted molar refractivity (Wildman–Crippen MR) is 88.2 cm³/mol. The highest BCUT2D eigenvalue weighted by Gasteiger charge is 2.19. The molecule has 5 nitrogen and oxygen atoms in total. The summed E-state index contributed by atoms with van der Waals surface area (Å²) in [6.45, 7) is 0.564. The Morgan fingerprint density at radius 1 is 1.04 bits per heavy atom. The van der Waals surface area contributed by atoms with Gasteiger partial charge in [-0.3, -0.25) is 0 Å². The van der Waals surface area contributed by atoms with Crippen molar-refractivity contribution in [2.45, 2.75) is 18.0 Å². The van der Waals surface area contributed by atoms with Gasteiger partial charge in [-0.15, -0.1) is 0 Å². The molecule has 0 radical (unpaired) electrons. The largest absolute Gasteiger partial charge is 0.329 e. The van der Waals surface area contributed by atoms with Crippen molar-refractivity contribution in [2.24, 2.45) is 0 Å². The van der Waals surface area contributed by atoms with Crippen LogP contribution in [0, 0.1) is 5.82 Å². The van der Waals surface area contributed by atoms with Gasteiger partial charge in [0.1, 0.15) is 16.5 Å². The Morgan fingerprint density at radius 2 is 1.75 bits per heavy atom. The first-order chi connectivity index (χ1) is 11.6. The van der Waals surface area contributed by atoms with Crippen molar-refractivity contribution in [2.75, 3.05) is 0 Å². The normalized spacial score (nSPS) is 11.5. The van der Waals surface area contributed by atoms with Crippen LogP contribution >= 0.6 is 0 Å². The zero-order valence-corrected chi connectivity index (χ0v) is 13.6. The molecule has 124 valence electrons. The Labute approximate surface area is 139 Å². The van der Waals surface area contributed by atoms with E-state index in [-0.39, 0.29) is 11.4 Å². The van der Waals surface area contributed by atoms with Crippen molar-refractivity contribution in [3.8, 4) is 0 Å². The summed E-state index contributed by atoms with van der Waals surface area (Å²) in [7, 11) is -3.93. The Hall–Kier alpha value is -2.51. The SMILES string of the molecule is O=S(=O)(NCc1nccn1Cc1ccccc1)c1ccccc1F. The third-order valence-electron chi connectivity index (χ3n) is 3.54. The second-order valence-electron chi connectivity index (χ2n) is 5.21. The number of hydrogen-bond donors (Lipinski definition) is 1. The van der Waals surface area contributed by atoms with E-state index in [2.05, 4.69) is 9.71 Å². The van der Waals surface area contributed by atoms with E-state index in [1.165, 1.54) is 18.2 Å². The van der Waals surface area contributed by atoms with Gasteiger partial charge >= 0.3 is 0 Å². The van der Waals surface area contributed by atoms with Crippen LogP contribution in [0.5, 0.6) is 0 Å². The second-order valence-corrected chi connectivity index (χ2v) is 6.95. The molecule has 3 aromatic rings. The number of rotatable bonds is 6. The predicted octanol–water partition coefficient (Wildman–Crippen LogP) is 2.55. The van der Waals surface area contributed by atoms with Gasteiger partial charge < -0.3 is 4.57 Å². The summed E-state index contributed by atoms with van der Waals surface area (Å²) < 4.78 is 42.4. The second kappa shape index (κ2) is 6.94. The summed E-state index contributed by atoms with van der Waals surface area (Å²) in [6, 6.07) is 15.0. The minimum atomic E-state index is -3.93. The fourth-order valence-electron chi connectivity index (χ4n) is 2.33. The van der Waals surface area contributed by atoms with Crippen LogP contribution in [0.3, 0.4) is 0 Å². The van der Waals surface area contributed by atoms with Gasteiger partial charge in [0.15, 0.2) is 0 Å². The smallest absolute Gasteiger partial charge is 0.243 e. The molecular formula is C17H16FN3O2S. The van der Waals surface area contributed by atoms with Gasteiger partial charge in [-0.2, -0.15) is 0 Å². The van der Waals surface area contributed by atoms with E-state index in [1.807, 2.05) is 34.9 Å². The van der Waals surface area contributed by atoms with Crippen molar-refractivity contribution in [3.05, 3.63) is 84.2 Å².